The summed E-state index contributed by atoms with van der Waals surface area (Å²) in [6, 6.07) is 4.04. The molecule has 3 aliphatic rings. The molecular weight excluding hydrogens is 404 g/mol. The molecule has 2 atom stereocenters. The first-order chi connectivity index (χ1) is 14.1. The van der Waals surface area contributed by atoms with Crippen LogP contribution in [0, 0.1) is 13.8 Å². The Balaban J connectivity index is 1.27. The van der Waals surface area contributed by atoms with Crippen LogP contribution in [-0.4, -0.2) is 51.1 Å². The average molecular weight is 427 g/mol. The molecule has 3 aliphatic heterocycles. The minimum atomic E-state index is 0.0645. The SMILES string of the molecule is Cc1nc(C)c(-c2csc(Cc3ccc(C(=O)N4C[C@H]5CC[C@@H]4CO5)cn3)n2)s1. The molecule has 2 bridgehead atoms. The van der Waals surface area contributed by atoms with Crippen molar-refractivity contribution in [1.82, 2.24) is 19.9 Å². The van der Waals surface area contributed by atoms with E-state index in [1.54, 1.807) is 28.9 Å². The summed E-state index contributed by atoms with van der Waals surface area (Å²) in [7, 11) is 0. The third-order valence-electron chi connectivity index (χ3n) is 5.54. The van der Waals surface area contributed by atoms with Gasteiger partial charge in [0.15, 0.2) is 0 Å². The van der Waals surface area contributed by atoms with Crippen molar-refractivity contribution >= 4 is 28.6 Å². The number of ether oxygens (including phenoxy) is 1. The molecule has 0 spiro atoms. The standard InChI is InChI=1S/C21H22N4O2S2/c1-12-20(29-13(2)23-12)18-11-28-19(24-18)7-15-4-3-14(8-22-15)21(26)25-9-17-6-5-16(25)10-27-17/h3-4,8,11,16-17H,5-7,9-10H2,1-2H3/t16-,17-/m1/s1. The van der Waals surface area contributed by atoms with Crippen LogP contribution in [0.3, 0.4) is 0 Å². The molecule has 0 aliphatic carbocycles. The van der Waals surface area contributed by atoms with Crippen LogP contribution < -0.4 is 0 Å². The van der Waals surface area contributed by atoms with Crippen LogP contribution in [0.4, 0.5) is 0 Å². The zero-order valence-electron chi connectivity index (χ0n) is 16.4. The number of aryl methyl sites for hydroxylation is 2. The number of nitrogens with zero attached hydrogens (tertiary/aromatic N) is 4. The van der Waals surface area contributed by atoms with Gasteiger partial charge in [0.1, 0.15) is 0 Å². The lowest BCUT2D eigenvalue weighted by molar-refractivity contribution is -0.0915. The molecule has 29 heavy (non-hydrogen) atoms. The van der Waals surface area contributed by atoms with Crippen molar-refractivity contribution in [1.29, 1.82) is 0 Å². The second-order valence-electron chi connectivity index (χ2n) is 7.63. The van der Waals surface area contributed by atoms with Crippen LogP contribution >= 0.6 is 22.7 Å². The zero-order valence-corrected chi connectivity index (χ0v) is 18.1. The number of aromatic nitrogens is 3. The van der Waals surface area contributed by atoms with Crippen molar-refractivity contribution in [3.05, 3.63) is 50.7 Å². The molecule has 0 unspecified atom stereocenters. The highest BCUT2D eigenvalue weighted by molar-refractivity contribution is 7.15. The molecule has 3 saturated heterocycles. The van der Waals surface area contributed by atoms with Crippen LogP contribution in [0.5, 0.6) is 0 Å². The maximum Gasteiger partial charge on any atom is 0.255 e. The van der Waals surface area contributed by atoms with Gasteiger partial charge in [-0.15, -0.1) is 22.7 Å². The van der Waals surface area contributed by atoms with Crippen LogP contribution in [0.25, 0.3) is 10.6 Å². The van der Waals surface area contributed by atoms with E-state index in [1.807, 2.05) is 30.9 Å². The van der Waals surface area contributed by atoms with E-state index in [4.69, 9.17) is 9.72 Å². The molecular formula is C21H22N4O2S2. The molecule has 3 aromatic rings. The van der Waals surface area contributed by atoms with Gasteiger partial charge in [-0.2, -0.15) is 0 Å². The van der Waals surface area contributed by atoms with E-state index in [1.165, 1.54) is 0 Å². The first kappa shape index (κ1) is 18.8. The Hall–Kier alpha value is -2.16. The van der Waals surface area contributed by atoms with Crippen molar-refractivity contribution in [2.75, 3.05) is 13.2 Å². The summed E-state index contributed by atoms with van der Waals surface area (Å²) in [5.41, 5.74) is 3.59. The lowest BCUT2D eigenvalue weighted by Crippen LogP contribution is -2.56. The van der Waals surface area contributed by atoms with Crippen LogP contribution in [0.1, 0.15) is 44.6 Å². The molecule has 0 aromatic carbocycles. The lowest BCUT2D eigenvalue weighted by Gasteiger charge is -2.45. The van der Waals surface area contributed by atoms with Crippen molar-refractivity contribution in [2.45, 2.75) is 45.3 Å². The highest BCUT2D eigenvalue weighted by Gasteiger charge is 2.37. The molecule has 0 radical (unpaired) electrons. The number of thiazole rings is 2. The Labute approximate surface area is 177 Å². The highest BCUT2D eigenvalue weighted by atomic mass is 32.1. The smallest absolute Gasteiger partial charge is 0.255 e. The first-order valence-electron chi connectivity index (χ1n) is 9.83. The van der Waals surface area contributed by atoms with Crippen molar-refractivity contribution < 1.29 is 9.53 Å². The summed E-state index contributed by atoms with van der Waals surface area (Å²) in [6.07, 6.45) is 4.65. The maximum atomic E-state index is 12.9. The summed E-state index contributed by atoms with van der Waals surface area (Å²) in [6.45, 7) is 5.40. The fraction of sp³-hybridized carbons (Fsp3) is 0.429. The molecule has 0 saturated carbocycles. The first-order valence-corrected chi connectivity index (χ1v) is 11.5. The number of amides is 1. The summed E-state index contributed by atoms with van der Waals surface area (Å²) in [5, 5.41) is 4.16. The fourth-order valence-electron chi connectivity index (χ4n) is 4.04. The quantitative estimate of drug-likeness (QED) is 0.633. The summed E-state index contributed by atoms with van der Waals surface area (Å²) >= 11 is 3.31. The zero-order chi connectivity index (χ0) is 20.0. The predicted octanol–water partition coefficient (Wildman–Crippen LogP) is 3.87. The van der Waals surface area contributed by atoms with Crippen LogP contribution in [0.2, 0.25) is 0 Å². The molecule has 6 heterocycles. The topological polar surface area (TPSA) is 68.2 Å². The van der Waals surface area contributed by atoms with E-state index in [-0.39, 0.29) is 18.1 Å². The Morgan fingerprint density at radius 2 is 2.17 bits per heavy atom. The van der Waals surface area contributed by atoms with Gasteiger partial charge in [0, 0.05) is 30.2 Å². The summed E-state index contributed by atoms with van der Waals surface area (Å²) in [5.74, 6) is 0.0645. The molecule has 6 nitrogen and oxygen atoms in total. The maximum absolute atomic E-state index is 12.9. The molecule has 8 heteroatoms. The Morgan fingerprint density at radius 3 is 2.79 bits per heavy atom. The second-order valence-corrected chi connectivity index (χ2v) is 9.78. The van der Waals surface area contributed by atoms with E-state index in [2.05, 4.69) is 15.3 Å². The number of hydrogen-bond acceptors (Lipinski definition) is 7. The number of piperidine rings is 1. The number of carbonyl (C=O) groups excluding carboxylic acids is 1. The van der Waals surface area contributed by atoms with E-state index in [9.17, 15) is 4.79 Å². The van der Waals surface area contributed by atoms with Gasteiger partial charge in [-0.05, 0) is 38.8 Å². The normalized spacial score (nSPS) is 21.0. The summed E-state index contributed by atoms with van der Waals surface area (Å²) < 4.78 is 5.70. The molecule has 0 N–H and O–H groups in total. The Bertz CT molecular complexity index is 1040. The van der Waals surface area contributed by atoms with Crippen molar-refractivity contribution in [2.24, 2.45) is 0 Å². The largest absolute Gasteiger partial charge is 0.374 e. The minimum absolute atomic E-state index is 0.0645. The van der Waals surface area contributed by atoms with Gasteiger partial charge in [0.25, 0.3) is 5.91 Å². The fourth-order valence-corrected chi connectivity index (χ4v) is 5.80. The van der Waals surface area contributed by atoms with Crippen molar-refractivity contribution in [3.63, 3.8) is 0 Å². The van der Waals surface area contributed by atoms with E-state index in [0.29, 0.717) is 25.1 Å². The van der Waals surface area contributed by atoms with E-state index in [0.717, 1.165) is 44.8 Å². The highest BCUT2D eigenvalue weighted by Crippen LogP contribution is 2.31. The molecule has 3 aromatic heterocycles. The van der Waals surface area contributed by atoms with Gasteiger partial charge in [-0.3, -0.25) is 9.78 Å². The van der Waals surface area contributed by atoms with E-state index >= 15 is 0 Å². The van der Waals surface area contributed by atoms with Crippen LogP contribution in [0.15, 0.2) is 23.7 Å². The van der Waals surface area contributed by atoms with E-state index < -0.39 is 0 Å². The molecule has 150 valence electrons. The minimum Gasteiger partial charge on any atom is -0.374 e. The predicted molar refractivity (Wildman–Crippen MR) is 114 cm³/mol. The Morgan fingerprint density at radius 1 is 1.28 bits per heavy atom. The summed E-state index contributed by atoms with van der Waals surface area (Å²) in [4.78, 5) is 29.8. The van der Waals surface area contributed by atoms with Gasteiger partial charge >= 0.3 is 0 Å². The number of pyridine rings is 1. The lowest BCUT2D eigenvalue weighted by atomic mass is 9.96. The number of carbonyl (C=O) groups is 1. The average Bonchev–Trinajstić information content (AvgIpc) is 3.34. The molecule has 1 amide bonds. The third-order valence-corrected chi connectivity index (χ3v) is 7.48. The van der Waals surface area contributed by atoms with Gasteiger partial charge in [0.05, 0.1) is 50.6 Å². The monoisotopic (exact) mass is 426 g/mol. The Kier molecular flexibility index (Phi) is 4.93. The number of rotatable bonds is 4. The number of morpholine rings is 1. The third kappa shape index (κ3) is 3.72. The number of fused-ring (bicyclic) bond motifs is 3. The van der Waals surface area contributed by atoms with Gasteiger partial charge < -0.3 is 9.64 Å². The number of hydrogen-bond donors (Lipinski definition) is 0. The molecule has 3 fully saturated rings. The van der Waals surface area contributed by atoms with Crippen molar-refractivity contribution in [3.8, 4) is 10.6 Å². The second kappa shape index (κ2) is 7.59. The van der Waals surface area contributed by atoms with Gasteiger partial charge in [-0.25, -0.2) is 9.97 Å². The molecule has 6 rings (SSSR count). The van der Waals surface area contributed by atoms with Gasteiger partial charge in [0.2, 0.25) is 0 Å². The van der Waals surface area contributed by atoms with Crippen LogP contribution in [-0.2, 0) is 11.2 Å². The van der Waals surface area contributed by atoms with Gasteiger partial charge in [-0.1, -0.05) is 0 Å².